The highest BCUT2D eigenvalue weighted by Gasteiger charge is 2.93. The minimum Gasteiger partial charge on any atom is -0.245 e. The van der Waals surface area contributed by atoms with Crippen molar-refractivity contribution in [3.05, 3.63) is 0 Å². The van der Waals surface area contributed by atoms with Crippen LogP contribution in [0.5, 0.6) is 0 Å². The van der Waals surface area contributed by atoms with E-state index in [9.17, 15) is 43.9 Å². The van der Waals surface area contributed by atoms with Crippen molar-refractivity contribution in [3.63, 3.8) is 0 Å². The van der Waals surface area contributed by atoms with Crippen molar-refractivity contribution in [1.29, 1.82) is 0 Å². The first-order valence-corrected chi connectivity index (χ1v) is 3.30. The van der Waals surface area contributed by atoms with Crippen molar-refractivity contribution in [2.24, 2.45) is 0 Å². The SMILES string of the molecule is FC1(F)OC(F)(F)C(F)(F)C(F)(F)C1(F)F. The maximum absolute atomic E-state index is 12.2. The van der Waals surface area contributed by atoms with Crippen LogP contribution in [0.25, 0.3) is 0 Å². The van der Waals surface area contributed by atoms with Gasteiger partial charge in [-0.1, -0.05) is 0 Å². The van der Waals surface area contributed by atoms with Gasteiger partial charge >= 0.3 is 30.0 Å². The number of alkyl halides is 10. The first-order chi connectivity index (χ1) is 6.71. The number of ether oxygens (including phenoxy) is 1. The van der Waals surface area contributed by atoms with Crippen molar-refractivity contribution >= 4 is 0 Å². The van der Waals surface area contributed by atoms with Gasteiger partial charge in [-0.2, -0.15) is 43.9 Å². The van der Waals surface area contributed by atoms with Gasteiger partial charge in [-0.25, -0.2) is 4.74 Å². The molecule has 16 heavy (non-hydrogen) atoms. The molecule has 1 fully saturated rings. The molecular formula is C5F10O. The Morgan fingerprint density at radius 3 is 0.938 bits per heavy atom. The van der Waals surface area contributed by atoms with Crippen LogP contribution < -0.4 is 0 Å². The minimum atomic E-state index is -6.95. The summed E-state index contributed by atoms with van der Waals surface area (Å²) >= 11 is 0. The zero-order valence-electron chi connectivity index (χ0n) is 6.69. The minimum absolute atomic E-state index is 1.78. The molecule has 0 unspecified atom stereocenters. The lowest BCUT2D eigenvalue weighted by molar-refractivity contribution is -0.559. The number of halogens is 10. The van der Waals surface area contributed by atoms with Crippen molar-refractivity contribution < 1.29 is 48.6 Å². The van der Waals surface area contributed by atoms with Gasteiger partial charge in [-0.3, -0.25) is 0 Å². The molecular weight excluding hydrogens is 266 g/mol. The van der Waals surface area contributed by atoms with E-state index in [0.29, 0.717) is 0 Å². The topological polar surface area (TPSA) is 9.23 Å². The van der Waals surface area contributed by atoms with Gasteiger partial charge in [-0.15, -0.1) is 0 Å². The molecule has 1 heterocycles. The van der Waals surface area contributed by atoms with Crippen molar-refractivity contribution in [2.45, 2.75) is 30.0 Å². The van der Waals surface area contributed by atoms with Gasteiger partial charge in [0.25, 0.3) is 0 Å². The van der Waals surface area contributed by atoms with Gasteiger partial charge in [0.15, 0.2) is 0 Å². The van der Waals surface area contributed by atoms with Crippen LogP contribution >= 0.6 is 0 Å². The molecule has 1 aliphatic heterocycles. The lowest BCUT2D eigenvalue weighted by Gasteiger charge is -2.44. The average Bonchev–Trinajstić information content (AvgIpc) is 1.98. The highest BCUT2D eigenvalue weighted by atomic mass is 19.4. The number of rotatable bonds is 0. The van der Waals surface area contributed by atoms with Crippen molar-refractivity contribution in [2.75, 3.05) is 0 Å². The van der Waals surface area contributed by atoms with Crippen LogP contribution in [0.15, 0.2) is 0 Å². The Hall–Kier alpha value is -0.740. The molecule has 0 radical (unpaired) electrons. The molecule has 0 aromatic rings. The first kappa shape index (κ1) is 13.3. The second kappa shape index (κ2) is 2.74. The molecule has 11 heteroatoms. The third-order valence-corrected chi connectivity index (χ3v) is 1.78. The molecule has 1 saturated heterocycles. The largest absolute Gasteiger partial charge is 0.430 e. The van der Waals surface area contributed by atoms with E-state index in [1.807, 2.05) is 0 Å². The summed E-state index contributed by atoms with van der Waals surface area (Å²) in [7, 11) is 0. The van der Waals surface area contributed by atoms with Crippen LogP contribution in [-0.2, 0) is 4.74 Å². The second-order valence-corrected chi connectivity index (χ2v) is 2.86. The van der Waals surface area contributed by atoms with Gasteiger partial charge in [0.1, 0.15) is 0 Å². The molecule has 0 N–H and O–H groups in total. The van der Waals surface area contributed by atoms with E-state index in [4.69, 9.17) is 0 Å². The molecule has 0 aromatic heterocycles. The van der Waals surface area contributed by atoms with Crippen LogP contribution in [0.3, 0.4) is 0 Å². The van der Waals surface area contributed by atoms with Crippen molar-refractivity contribution in [1.82, 2.24) is 0 Å². The molecule has 1 nitrogen and oxygen atoms in total. The molecule has 0 saturated carbocycles. The summed E-state index contributed by atoms with van der Waals surface area (Å²) < 4.78 is 123. The lowest BCUT2D eigenvalue weighted by atomic mass is 9.99. The normalized spacial score (nSPS) is 33.4. The van der Waals surface area contributed by atoms with E-state index >= 15 is 0 Å². The fourth-order valence-corrected chi connectivity index (χ4v) is 0.852. The Balaban J connectivity index is 3.43. The standard InChI is InChI=1S/C5F10O/c6-1(7)2(8,9)4(12,13)16-5(14,15)3(1,10)11. The molecule has 0 bridgehead atoms. The fourth-order valence-electron chi connectivity index (χ4n) is 0.852. The third-order valence-electron chi connectivity index (χ3n) is 1.78. The predicted molar refractivity (Wildman–Crippen MR) is 25.8 cm³/mol. The Morgan fingerprint density at radius 1 is 0.438 bits per heavy atom. The smallest absolute Gasteiger partial charge is 0.245 e. The summed E-state index contributed by atoms with van der Waals surface area (Å²) in [4.78, 5) is 0. The highest BCUT2D eigenvalue weighted by molar-refractivity contribution is 5.08. The van der Waals surface area contributed by atoms with Crippen LogP contribution in [0.4, 0.5) is 43.9 Å². The molecule has 0 atom stereocenters. The zero-order valence-corrected chi connectivity index (χ0v) is 6.69. The van der Waals surface area contributed by atoms with Crippen LogP contribution in [0, 0.1) is 0 Å². The highest BCUT2D eigenvalue weighted by Crippen LogP contribution is 2.62. The molecule has 96 valence electrons. The summed E-state index contributed by atoms with van der Waals surface area (Å²) in [5.41, 5.74) is 0. The van der Waals surface area contributed by atoms with E-state index in [0.717, 1.165) is 0 Å². The zero-order chi connectivity index (χ0) is 13.2. The lowest BCUT2D eigenvalue weighted by Crippen LogP contribution is -2.74. The maximum atomic E-state index is 12.2. The summed E-state index contributed by atoms with van der Waals surface area (Å²) in [5, 5.41) is 0. The van der Waals surface area contributed by atoms with Gasteiger partial charge in [0, 0.05) is 0 Å². The Morgan fingerprint density at radius 2 is 0.688 bits per heavy atom. The van der Waals surface area contributed by atoms with E-state index in [2.05, 4.69) is 0 Å². The average molecular weight is 266 g/mol. The number of hydrogen-bond donors (Lipinski definition) is 0. The van der Waals surface area contributed by atoms with Gasteiger partial charge in [-0.05, 0) is 0 Å². The van der Waals surface area contributed by atoms with Crippen LogP contribution in [0.2, 0.25) is 0 Å². The Kier molecular flexibility index (Phi) is 2.28. The molecule has 0 aliphatic carbocycles. The molecule has 1 rings (SSSR count). The summed E-state index contributed by atoms with van der Waals surface area (Å²) in [6, 6.07) is 0. The van der Waals surface area contributed by atoms with Crippen molar-refractivity contribution in [3.8, 4) is 0 Å². The Bertz CT molecular complexity index is 278. The Labute approximate surface area is 80.0 Å². The maximum Gasteiger partial charge on any atom is 0.430 e. The monoisotopic (exact) mass is 266 g/mol. The third kappa shape index (κ3) is 1.17. The number of hydrogen-bond acceptors (Lipinski definition) is 1. The molecule has 1 aliphatic rings. The van der Waals surface area contributed by atoms with Gasteiger partial charge in [0.2, 0.25) is 0 Å². The van der Waals surface area contributed by atoms with E-state index in [1.54, 1.807) is 4.74 Å². The van der Waals surface area contributed by atoms with Gasteiger partial charge < -0.3 is 0 Å². The second-order valence-electron chi connectivity index (χ2n) is 2.86. The molecule has 0 spiro atoms. The quantitative estimate of drug-likeness (QED) is 0.612. The van der Waals surface area contributed by atoms with E-state index in [1.165, 1.54) is 0 Å². The summed E-state index contributed by atoms with van der Waals surface area (Å²) in [6.07, 6.45) is -12.8. The van der Waals surface area contributed by atoms with Gasteiger partial charge in [0.05, 0.1) is 0 Å². The summed E-state index contributed by atoms with van der Waals surface area (Å²) in [5.74, 6) is -20.5. The van der Waals surface area contributed by atoms with E-state index in [-0.39, 0.29) is 0 Å². The first-order valence-electron chi connectivity index (χ1n) is 3.30. The molecule has 0 aromatic carbocycles. The van der Waals surface area contributed by atoms with Crippen LogP contribution in [-0.4, -0.2) is 30.0 Å². The predicted octanol–water partition coefficient (Wildman–Crippen LogP) is 3.11. The summed E-state index contributed by atoms with van der Waals surface area (Å²) in [6.45, 7) is 0. The fraction of sp³-hybridized carbons (Fsp3) is 1.00. The van der Waals surface area contributed by atoms with E-state index < -0.39 is 30.0 Å². The molecule has 0 amide bonds. The van der Waals surface area contributed by atoms with Crippen LogP contribution in [0.1, 0.15) is 0 Å².